The summed E-state index contributed by atoms with van der Waals surface area (Å²) in [5.74, 6) is -1.85. The van der Waals surface area contributed by atoms with E-state index in [0.717, 1.165) is 28.6 Å². The first-order chi connectivity index (χ1) is 10.7. The van der Waals surface area contributed by atoms with Gasteiger partial charge in [0.15, 0.2) is 0 Å². The van der Waals surface area contributed by atoms with Crippen LogP contribution in [-0.4, -0.2) is 26.0 Å². The summed E-state index contributed by atoms with van der Waals surface area (Å²) in [6.45, 7) is 2.69. The molecule has 23 heavy (non-hydrogen) atoms. The number of nitrogens with zero attached hydrogens (tertiary/aromatic N) is 1. The van der Waals surface area contributed by atoms with Gasteiger partial charge in [-0.05, 0) is 49.2 Å². The molecule has 0 radical (unpaired) electrons. The van der Waals surface area contributed by atoms with Gasteiger partial charge in [-0.25, -0.2) is 12.8 Å². The molecule has 0 atom stereocenters. The number of carboxylic acid groups (broad SMARTS) is 1. The molecule has 0 bridgehead atoms. The Kier molecular flexibility index (Phi) is 4.70. The Balaban J connectivity index is 2.63. The van der Waals surface area contributed by atoms with Crippen molar-refractivity contribution in [2.24, 2.45) is 0 Å². The third-order valence-corrected chi connectivity index (χ3v) is 5.13. The van der Waals surface area contributed by atoms with Crippen molar-refractivity contribution in [2.75, 3.05) is 10.8 Å². The Bertz CT molecular complexity index is 811. The van der Waals surface area contributed by atoms with Crippen molar-refractivity contribution < 1.29 is 22.7 Å². The fourth-order valence-corrected chi connectivity index (χ4v) is 3.88. The number of carbonyl (C=O) groups is 1. The number of hydrogen-bond acceptors (Lipinski definition) is 3. The number of aryl methyl sites for hydroxylation is 2. The van der Waals surface area contributed by atoms with Crippen LogP contribution in [0.25, 0.3) is 0 Å². The van der Waals surface area contributed by atoms with E-state index in [-0.39, 0.29) is 4.90 Å². The number of hydrogen-bond donors (Lipinski definition) is 1. The highest BCUT2D eigenvalue weighted by Gasteiger charge is 2.29. The third-order valence-electron chi connectivity index (χ3n) is 3.37. The third kappa shape index (κ3) is 3.50. The van der Waals surface area contributed by atoms with Crippen LogP contribution in [0.1, 0.15) is 11.1 Å². The fourth-order valence-electron chi connectivity index (χ4n) is 2.34. The lowest BCUT2D eigenvalue weighted by atomic mass is 10.1. The number of carboxylic acids is 1. The highest BCUT2D eigenvalue weighted by Crippen LogP contribution is 2.29. The van der Waals surface area contributed by atoms with Crippen molar-refractivity contribution in [3.63, 3.8) is 0 Å². The molecule has 0 aromatic heterocycles. The summed E-state index contributed by atoms with van der Waals surface area (Å²) < 4.78 is 39.5. The summed E-state index contributed by atoms with van der Waals surface area (Å²) in [6, 6.07) is 9.46. The van der Waals surface area contributed by atoms with Crippen LogP contribution < -0.4 is 4.31 Å². The molecule has 2 aromatic carbocycles. The maximum absolute atomic E-state index is 13.0. The molecule has 0 aliphatic heterocycles. The van der Waals surface area contributed by atoms with E-state index in [1.807, 2.05) is 0 Å². The Morgan fingerprint density at radius 3 is 2.09 bits per heavy atom. The highest BCUT2D eigenvalue weighted by molar-refractivity contribution is 7.92. The predicted molar refractivity (Wildman–Crippen MR) is 84.5 cm³/mol. The van der Waals surface area contributed by atoms with Crippen molar-refractivity contribution in [1.29, 1.82) is 0 Å². The van der Waals surface area contributed by atoms with Crippen LogP contribution in [-0.2, 0) is 14.8 Å². The number of anilines is 1. The minimum atomic E-state index is -4.13. The van der Waals surface area contributed by atoms with Gasteiger partial charge < -0.3 is 5.11 Å². The lowest BCUT2D eigenvalue weighted by molar-refractivity contribution is -0.135. The zero-order chi connectivity index (χ0) is 17.2. The first-order valence-corrected chi connectivity index (χ1v) is 8.24. The molecular weight excluding hydrogens is 321 g/mol. The molecule has 0 saturated heterocycles. The van der Waals surface area contributed by atoms with Gasteiger partial charge in [0.25, 0.3) is 10.0 Å². The molecule has 0 saturated carbocycles. The Morgan fingerprint density at radius 2 is 1.61 bits per heavy atom. The van der Waals surface area contributed by atoms with Crippen molar-refractivity contribution in [3.05, 3.63) is 59.4 Å². The van der Waals surface area contributed by atoms with Crippen LogP contribution >= 0.6 is 0 Å². The molecule has 2 aromatic rings. The summed E-state index contributed by atoms with van der Waals surface area (Å²) in [5.41, 5.74) is 1.59. The lowest BCUT2D eigenvalue weighted by Crippen LogP contribution is -2.36. The molecular formula is C16H16FNO4S. The summed E-state index contributed by atoms with van der Waals surface area (Å²) >= 11 is 0. The second kappa shape index (κ2) is 6.37. The first-order valence-electron chi connectivity index (χ1n) is 6.80. The predicted octanol–water partition coefficient (Wildman–Crippen LogP) is 2.72. The number of halogens is 1. The summed E-state index contributed by atoms with van der Waals surface area (Å²) in [4.78, 5) is 11.0. The molecule has 0 unspecified atom stereocenters. The van der Waals surface area contributed by atoms with Crippen LogP contribution in [0.5, 0.6) is 0 Å². The highest BCUT2D eigenvalue weighted by atomic mass is 32.2. The van der Waals surface area contributed by atoms with Gasteiger partial charge in [0, 0.05) is 0 Å². The van der Waals surface area contributed by atoms with Crippen LogP contribution in [0.15, 0.2) is 47.4 Å². The SMILES string of the molecule is Cc1cccc(C)c1N(CC(=O)O)S(=O)(=O)c1ccc(F)cc1. The number of aliphatic carboxylic acids is 1. The van der Waals surface area contributed by atoms with Crippen molar-refractivity contribution >= 4 is 21.7 Å². The molecule has 7 heteroatoms. The van der Waals surface area contributed by atoms with Crippen molar-refractivity contribution in [1.82, 2.24) is 0 Å². The molecule has 0 aliphatic rings. The van der Waals surface area contributed by atoms with Crippen LogP contribution in [0.4, 0.5) is 10.1 Å². The van der Waals surface area contributed by atoms with Crippen LogP contribution in [0.2, 0.25) is 0 Å². The summed E-state index contributed by atoms with van der Waals surface area (Å²) in [6.07, 6.45) is 0. The normalized spacial score (nSPS) is 11.3. The molecule has 122 valence electrons. The Hall–Kier alpha value is -2.41. The fraction of sp³-hybridized carbons (Fsp3) is 0.188. The maximum Gasteiger partial charge on any atom is 0.324 e. The second-order valence-electron chi connectivity index (χ2n) is 5.10. The second-order valence-corrected chi connectivity index (χ2v) is 6.96. The van der Waals surface area contributed by atoms with E-state index in [0.29, 0.717) is 16.8 Å². The Morgan fingerprint density at radius 1 is 1.09 bits per heavy atom. The number of benzene rings is 2. The summed E-state index contributed by atoms with van der Waals surface area (Å²) in [5, 5.41) is 9.12. The maximum atomic E-state index is 13.0. The molecule has 1 N–H and O–H groups in total. The minimum absolute atomic E-state index is 0.164. The monoisotopic (exact) mass is 337 g/mol. The lowest BCUT2D eigenvalue weighted by Gasteiger charge is -2.26. The zero-order valence-electron chi connectivity index (χ0n) is 12.7. The number of sulfonamides is 1. The number of rotatable bonds is 5. The molecule has 0 heterocycles. The van der Waals surface area contributed by atoms with E-state index < -0.39 is 28.4 Å². The van der Waals surface area contributed by atoms with Gasteiger partial charge in [0.05, 0.1) is 10.6 Å². The van der Waals surface area contributed by atoms with Gasteiger partial charge in [0.2, 0.25) is 0 Å². The van der Waals surface area contributed by atoms with E-state index in [1.54, 1.807) is 32.0 Å². The smallest absolute Gasteiger partial charge is 0.324 e. The Labute approximate surface area is 134 Å². The molecule has 5 nitrogen and oxygen atoms in total. The van der Waals surface area contributed by atoms with Crippen molar-refractivity contribution in [3.8, 4) is 0 Å². The van der Waals surface area contributed by atoms with Gasteiger partial charge in [-0.1, -0.05) is 18.2 Å². The quantitative estimate of drug-likeness (QED) is 0.910. The van der Waals surface area contributed by atoms with Crippen LogP contribution in [0, 0.1) is 19.7 Å². The van der Waals surface area contributed by atoms with E-state index in [4.69, 9.17) is 5.11 Å². The number of para-hydroxylation sites is 1. The van der Waals surface area contributed by atoms with Crippen LogP contribution in [0.3, 0.4) is 0 Å². The molecule has 0 fully saturated rings. The molecule has 0 aliphatic carbocycles. The van der Waals surface area contributed by atoms with E-state index in [2.05, 4.69) is 0 Å². The molecule has 2 rings (SSSR count). The van der Waals surface area contributed by atoms with Gasteiger partial charge >= 0.3 is 5.97 Å². The largest absolute Gasteiger partial charge is 0.480 e. The molecule has 0 spiro atoms. The minimum Gasteiger partial charge on any atom is -0.480 e. The van der Waals surface area contributed by atoms with Gasteiger partial charge in [0.1, 0.15) is 12.4 Å². The first kappa shape index (κ1) is 17.0. The van der Waals surface area contributed by atoms with Gasteiger partial charge in [-0.2, -0.15) is 0 Å². The topological polar surface area (TPSA) is 74.7 Å². The zero-order valence-corrected chi connectivity index (χ0v) is 13.5. The molecule has 0 amide bonds. The average molecular weight is 337 g/mol. The van der Waals surface area contributed by atoms with Gasteiger partial charge in [-0.3, -0.25) is 9.10 Å². The van der Waals surface area contributed by atoms with E-state index in [1.165, 1.54) is 0 Å². The average Bonchev–Trinajstić information content (AvgIpc) is 2.46. The summed E-state index contributed by atoms with van der Waals surface area (Å²) in [7, 11) is -4.13. The van der Waals surface area contributed by atoms with Crippen molar-refractivity contribution in [2.45, 2.75) is 18.7 Å². The van der Waals surface area contributed by atoms with E-state index in [9.17, 15) is 17.6 Å². The standard InChI is InChI=1S/C16H16FNO4S/c1-11-4-3-5-12(2)16(11)18(10-15(19)20)23(21,22)14-8-6-13(17)7-9-14/h3-9H,10H2,1-2H3,(H,19,20). The van der Waals surface area contributed by atoms with E-state index >= 15 is 0 Å². The van der Waals surface area contributed by atoms with Gasteiger partial charge in [-0.15, -0.1) is 0 Å².